The monoisotopic (exact) mass is 410 g/mol. The van der Waals surface area contributed by atoms with Gasteiger partial charge >= 0.3 is 0 Å². The SMILES string of the molecule is Cc1cc(C)n(C[C@H](C)CNC(=O)c2ccc(S(=O)(=O)N3CCOCC3)o2)n1. The van der Waals surface area contributed by atoms with E-state index in [0.717, 1.165) is 11.4 Å². The highest BCUT2D eigenvalue weighted by Gasteiger charge is 2.30. The van der Waals surface area contributed by atoms with E-state index in [1.165, 1.54) is 16.4 Å². The van der Waals surface area contributed by atoms with Crippen LogP contribution in [0.2, 0.25) is 0 Å². The number of amides is 1. The molecule has 1 amide bonds. The second-order valence-electron chi connectivity index (χ2n) is 7.06. The molecule has 1 aliphatic rings. The number of morpholine rings is 1. The van der Waals surface area contributed by atoms with Gasteiger partial charge in [0, 0.05) is 31.9 Å². The lowest BCUT2D eigenvalue weighted by molar-refractivity contribution is 0.0722. The van der Waals surface area contributed by atoms with Gasteiger partial charge in [-0.2, -0.15) is 9.40 Å². The number of furan rings is 1. The molecule has 1 atom stereocenters. The van der Waals surface area contributed by atoms with Gasteiger partial charge in [-0.25, -0.2) is 8.42 Å². The first kappa shape index (κ1) is 20.6. The molecule has 154 valence electrons. The maximum Gasteiger partial charge on any atom is 0.287 e. The molecule has 1 fully saturated rings. The minimum atomic E-state index is -3.75. The van der Waals surface area contributed by atoms with Crippen LogP contribution in [0.1, 0.15) is 28.9 Å². The van der Waals surface area contributed by atoms with Crippen LogP contribution in [0.3, 0.4) is 0 Å². The molecule has 1 saturated heterocycles. The number of nitrogens with zero attached hydrogens (tertiary/aromatic N) is 3. The Morgan fingerprint density at radius 1 is 1.29 bits per heavy atom. The van der Waals surface area contributed by atoms with E-state index in [1.54, 1.807) is 0 Å². The maximum atomic E-state index is 12.6. The van der Waals surface area contributed by atoms with Crippen molar-refractivity contribution < 1.29 is 22.4 Å². The summed E-state index contributed by atoms with van der Waals surface area (Å²) >= 11 is 0. The molecule has 0 spiro atoms. The van der Waals surface area contributed by atoms with Gasteiger partial charge in [-0.3, -0.25) is 9.48 Å². The number of rotatable bonds is 7. The Balaban J connectivity index is 1.57. The van der Waals surface area contributed by atoms with Crippen molar-refractivity contribution in [1.82, 2.24) is 19.4 Å². The lowest BCUT2D eigenvalue weighted by Gasteiger charge is -2.24. The summed E-state index contributed by atoms with van der Waals surface area (Å²) in [6, 6.07) is 4.71. The summed E-state index contributed by atoms with van der Waals surface area (Å²) in [5.74, 6) is -0.317. The topological polar surface area (TPSA) is 107 Å². The van der Waals surface area contributed by atoms with Gasteiger partial charge in [0.1, 0.15) is 0 Å². The van der Waals surface area contributed by atoms with Crippen LogP contribution >= 0.6 is 0 Å². The average Bonchev–Trinajstić information content (AvgIpc) is 3.28. The van der Waals surface area contributed by atoms with Crippen molar-refractivity contribution in [3.8, 4) is 0 Å². The number of aromatic nitrogens is 2. The van der Waals surface area contributed by atoms with Crippen molar-refractivity contribution in [1.29, 1.82) is 0 Å². The van der Waals surface area contributed by atoms with Crippen molar-refractivity contribution >= 4 is 15.9 Å². The summed E-state index contributed by atoms with van der Waals surface area (Å²) in [5, 5.41) is 6.98. The highest BCUT2D eigenvalue weighted by atomic mass is 32.2. The highest BCUT2D eigenvalue weighted by Crippen LogP contribution is 2.20. The van der Waals surface area contributed by atoms with Crippen LogP contribution in [0.15, 0.2) is 27.7 Å². The fraction of sp³-hybridized carbons (Fsp3) is 0.556. The van der Waals surface area contributed by atoms with E-state index < -0.39 is 15.9 Å². The Hall–Kier alpha value is -2.17. The molecular formula is C18H26N4O5S. The third-order valence-corrected chi connectivity index (χ3v) is 6.34. The van der Waals surface area contributed by atoms with Gasteiger partial charge in [0.2, 0.25) is 5.09 Å². The lowest BCUT2D eigenvalue weighted by Crippen LogP contribution is -2.40. The minimum absolute atomic E-state index is 0.0230. The number of sulfonamides is 1. The van der Waals surface area contributed by atoms with E-state index in [4.69, 9.17) is 9.15 Å². The van der Waals surface area contributed by atoms with Gasteiger partial charge in [-0.05, 0) is 38.0 Å². The zero-order valence-electron chi connectivity index (χ0n) is 16.3. The van der Waals surface area contributed by atoms with Crippen molar-refractivity contribution in [2.75, 3.05) is 32.8 Å². The molecular weight excluding hydrogens is 384 g/mol. The standard InChI is InChI=1S/C18H26N4O5S/c1-13(12-22-15(3)10-14(2)20-22)11-19-18(23)16-4-5-17(27-16)28(24,25)21-6-8-26-9-7-21/h4-5,10,13H,6-9,11-12H2,1-3H3,(H,19,23)/t13-/m1/s1. The predicted molar refractivity (Wildman–Crippen MR) is 101 cm³/mol. The number of carbonyl (C=O) groups is 1. The van der Waals surface area contributed by atoms with Crippen LogP contribution in [0.25, 0.3) is 0 Å². The minimum Gasteiger partial charge on any atom is -0.438 e. The van der Waals surface area contributed by atoms with Crippen LogP contribution in [-0.2, 0) is 21.3 Å². The normalized spacial score (nSPS) is 16.8. The summed E-state index contributed by atoms with van der Waals surface area (Å²) in [7, 11) is -3.75. The van der Waals surface area contributed by atoms with E-state index in [-0.39, 0.29) is 29.9 Å². The molecule has 2 aromatic rings. The fourth-order valence-corrected chi connectivity index (χ4v) is 4.39. The molecule has 3 heterocycles. The Morgan fingerprint density at radius 3 is 2.64 bits per heavy atom. The van der Waals surface area contributed by atoms with E-state index >= 15 is 0 Å². The molecule has 28 heavy (non-hydrogen) atoms. The molecule has 9 nitrogen and oxygen atoms in total. The molecule has 1 aliphatic heterocycles. The number of nitrogens with one attached hydrogen (secondary N) is 1. The second-order valence-corrected chi connectivity index (χ2v) is 8.93. The Bertz CT molecular complexity index is 928. The summed E-state index contributed by atoms with van der Waals surface area (Å²) in [5.41, 5.74) is 2.03. The molecule has 0 bridgehead atoms. The Labute approximate surface area is 164 Å². The molecule has 1 N–H and O–H groups in total. The van der Waals surface area contributed by atoms with Gasteiger partial charge in [0.15, 0.2) is 5.76 Å². The van der Waals surface area contributed by atoms with Gasteiger partial charge < -0.3 is 14.5 Å². The number of hydrogen-bond acceptors (Lipinski definition) is 6. The third kappa shape index (κ3) is 4.62. The lowest BCUT2D eigenvalue weighted by atomic mass is 10.2. The summed E-state index contributed by atoms with van der Waals surface area (Å²) in [4.78, 5) is 12.3. The number of carbonyl (C=O) groups excluding carboxylic acids is 1. The average molecular weight is 410 g/mol. The molecule has 0 aliphatic carbocycles. The molecule has 0 radical (unpaired) electrons. The first-order valence-corrected chi connectivity index (χ1v) is 10.7. The first-order valence-electron chi connectivity index (χ1n) is 9.24. The number of hydrogen-bond donors (Lipinski definition) is 1. The molecule has 0 unspecified atom stereocenters. The maximum absolute atomic E-state index is 12.6. The van der Waals surface area contributed by atoms with Crippen LogP contribution < -0.4 is 5.32 Å². The number of ether oxygens (including phenoxy) is 1. The van der Waals surface area contributed by atoms with Crippen molar-refractivity contribution in [3.05, 3.63) is 35.3 Å². The second kappa shape index (κ2) is 8.46. The Morgan fingerprint density at radius 2 is 2.00 bits per heavy atom. The highest BCUT2D eigenvalue weighted by molar-refractivity contribution is 7.89. The summed E-state index contributed by atoms with van der Waals surface area (Å²) in [6.45, 7) is 8.27. The predicted octanol–water partition coefficient (Wildman–Crippen LogP) is 1.18. The van der Waals surface area contributed by atoms with Crippen molar-refractivity contribution in [2.45, 2.75) is 32.4 Å². The van der Waals surface area contributed by atoms with Crippen LogP contribution in [0.4, 0.5) is 0 Å². The van der Waals surface area contributed by atoms with Crippen LogP contribution in [0.5, 0.6) is 0 Å². The quantitative estimate of drug-likeness (QED) is 0.735. The molecule has 0 aromatic carbocycles. The van der Waals surface area contributed by atoms with E-state index in [0.29, 0.717) is 26.3 Å². The zero-order chi connectivity index (χ0) is 20.3. The largest absolute Gasteiger partial charge is 0.438 e. The summed E-state index contributed by atoms with van der Waals surface area (Å²) in [6.07, 6.45) is 0. The van der Waals surface area contributed by atoms with Crippen molar-refractivity contribution in [2.24, 2.45) is 5.92 Å². The molecule has 2 aromatic heterocycles. The van der Waals surface area contributed by atoms with Gasteiger partial charge in [-0.1, -0.05) is 6.92 Å². The van der Waals surface area contributed by atoms with Crippen LogP contribution in [0, 0.1) is 19.8 Å². The zero-order valence-corrected chi connectivity index (χ0v) is 17.2. The molecule has 10 heteroatoms. The smallest absolute Gasteiger partial charge is 0.287 e. The number of aryl methyl sites for hydroxylation is 2. The van der Waals surface area contributed by atoms with E-state index in [2.05, 4.69) is 10.4 Å². The fourth-order valence-electron chi connectivity index (χ4n) is 3.07. The molecule has 3 rings (SSSR count). The van der Waals surface area contributed by atoms with Gasteiger partial charge in [0.25, 0.3) is 15.9 Å². The van der Waals surface area contributed by atoms with Crippen LogP contribution in [-0.4, -0.2) is 61.3 Å². The first-order chi connectivity index (χ1) is 13.3. The van der Waals surface area contributed by atoms with E-state index in [9.17, 15) is 13.2 Å². The third-order valence-electron chi connectivity index (χ3n) is 4.57. The van der Waals surface area contributed by atoms with E-state index in [1.807, 2.05) is 31.5 Å². The molecule has 0 saturated carbocycles. The van der Waals surface area contributed by atoms with Gasteiger partial charge in [0.05, 0.1) is 18.9 Å². The Kier molecular flexibility index (Phi) is 6.21. The summed E-state index contributed by atoms with van der Waals surface area (Å²) < 4.78 is 38.8. The van der Waals surface area contributed by atoms with Gasteiger partial charge in [-0.15, -0.1) is 0 Å². The van der Waals surface area contributed by atoms with Crippen molar-refractivity contribution in [3.63, 3.8) is 0 Å².